The predicted octanol–water partition coefficient (Wildman–Crippen LogP) is 4.17. The molecule has 92 valence electrons. The van der Waals surface area contributed by atoms with Crippen LogP contribution in [0, 0.1) is 0 Å². The minimum Gasteiger partial charge on any atom is -0.341 e. The lowest BCUT2D eigenvalue weighted by molar-refractivity contribution is 0.955. The van der Waals surface area contributed by atoms with Crippen molar-refractivity contribution in [3.05, 3.63) is 30.3 Å². The molecule has 0 atom stereocenters. The molecule has 0 saturated carbocycles. The number of rotatable bonds is 2. The fraction of sp³-hybridized carbons (Fsp3) is 0.214. The average molecular weight is 274 g/mol. The third-order valence-corrected chi connectivity index (χ3v) is 4.53. The van der Waals surface area contributed by atoms with E-state index < -0.39 is 0 Å². The van der Waals surface area contributed by atoms with E-state index in [-0.39, 0.29) is 0 Å². The zero-order valence-electron chi connectivity index (χ0n) is 10.6. The van der Waals surface area contributed by atoms with Gasteiger partial charge in [-0.2, -0.15) is 0 Å². The Balaban J connectivity index is 2.54. The number of hydrogen-bond donors (Lipinski definition) is 0. The third-order valence-electron chi connectivity index (χ3n) is 3.23. The number of benzene rings is 1. The summed E-state index contributed by atoms with van der Waals surface area (Å²) >= 11 is 3.41. The Kier molecular flexibility index (Phi) is 2.99. The topological polar surface area (TPSA) is 17.8 Å². The van der Waals surface area contributed by atoms with E-state index in [1.807, 2.05) is 0 Å². The summed E-state index contributed by atoms with van der Waals surface area (Å²) in [6.45, 7) is 0. The molecule has 0 unspecified atom stereocenters. The van der Waals surface area contributed by atoms with Crippen LogP contribution in [0.1, 0.15) is 0 Å². The molecule has 0 N–H and O–H groups in total. The van der Waals surface area contributed by atoms with E-state index >= 15 is 0 Å². The monoisotopic (exact) mass is 274 g/mol. The van der Waals surface area contributed by atoms with Gasteiger partial charge in [0.25, 0.3) is 0 Å². The van der Waals surface area contributed by atoms with Crippen LogP contribution in [0.5, 0.6) is 0 Å². The van der Waals surface area contributed by atoms with Crippen LogP contribution in [0.15, 0.2) is 40.4 Å². The number of hydrogen-bond acceptors (Lipinski definition) is 3. The van der Waals surface area contributed by atoms with Gasteiger partial charge in [-0.15, -0.1) is 23.5 Å². The average Bonchev–Trinajstić information content (AvgIpc) is 2.72. The van der Waals surface area contributed by atoms with Crippen molar-refractivity contribution in [3.63, 3.8) is 0 Å². The highest BCUT2D eigenvalue weighted by Crippen LogP contribution is 2.34. The lowest BCUT2D eigenvalue weighted by Crippen LogP contribution is -1.91. The molecule has 0 fully saturated rings. The van der Waals surface area contributed by atoms with Crippen LogP contribution < -0.4 is 0 Å². The van der Waals surface area contributed by atoms with Crippen LogP contribution >= 0.6 is 23.5 Å². The summed E-state index contributed by atoms with van der Waals surface area (Å²) in [6, 6.07) is 10.7. The Bertz CT molecular complexity index is 731. The summed E-state index contributed by atoms with van der Waals surface area (Å²) in [5.74, 6) is 0. The van der Waals surface area contributed by atoms with Crippen LogP contribution in [-0.4, -0.2) is 22.1 Å². The van der Waals surface area contributed by atoms with Gasteiger partial charge in [0.1, 0.15) is 5.03 Å². The van der Waals surface area contributed by atoms with E-state index in [2.05, 4.69) is 54.5 Å². The smallest absolute Gasteiger partial charge is 0.121 e. The Morgan fingerprint density at radius 3 is 2.56 bits per heavy atom. The number of fused-ring (bicyclic) bond motifs is 3. The largest absolute Gasteiger partial charge is 0.341 e. The quantitative estimate of drug-likeness (QED) is 0.653. The summed E-state index contributed by atoms with van der Waals surface area (Å²) < 4.78 is 2.24. The Hall–Kier alpha value is -1.13. The second-order valence-electron chi connectivity index (χ2n) is 4.15. The van der Waals surface area contributed by atoms with E-state index in [0.717, 1.165) is 10.1 Å². The molecule has 2 heterocycles. The van der Waals surface area contributed by atoms with Gasteiger partial charge in [0.05, 0.1) is 10.5 Å². The van der Waals surface area contributed by atoms with Crippen molar-refractivity contribution in [3.8, 4) is 0 Å². The van der Waals surface area contributed by atoms with Gasteiger partial charge >= 0.3 is 0 Å². The van der Waals surface area contributed by atoms with Gasteiger partial charge in [-0.1, -0.05) is 18.2 Å². The molecule has 2 nitrogen and oxygen atoms in total. The SMILES string of the molecule is CSc1cc2c3ccccc3n(C)c2c(SC)n1. The first-order valence-corrected chi connectivity index (χ1v) is 8.17. The number of pyridine rings is 1. The highest BCUT2D eigenvalue weighted by atomic mass is 32.2. The molecule has 0 saturated heterocycles. The van der Waals surface area contributed by atoms with E-state index in [4.69, 9.17) is 4.98 Å². The van der Waals surface area contributed by atoms with Crippen molar-refractivity contribution in [2.45, 2.75) is 10.1 Å². The molecular formula is C14H14N2S2. The van der Waals surface area contributed by atoms with Crippen LogP contribution in [-0.2, 0) is 7.05 Å². The summed E-state index contributed by atoms with van der Waals surface area (Å²) in [7, 11) is 2.12. The third kappa shape index (κ3) is 1.63. The van der Waals surface area contributed by atoms with Gasteiger partial charge in [0, 0.05) is 23.3 Å². The molecule has 0 aliphatic heterocycles. The molecule has 0 spiro atoms. The summed E-state index contributed by atoms with van der Waals surface area (Å²) in [6.07, 6.45) is 4.16. The van der Waals surface area contributed by atoms with Crippen molar-refractivity contribution < 1.29 is 0 Å². The van der Waals surface area contributed by atoms with Gasteiger partial charge in [0.15, 0.2) is 0 Å². The molecule has 0 bridgehead atoms. The number of aromatic nitrogens is 2. The van der Waals surface area contributed by atoms with Crippen molar-refractivity contribution in [2.24, 2.45) is 7.05 Å². The normalized spacial score (nSPS) is 11.5. The molecule has 0 amide bonds. The zero-order chi connectivity index (χ0) is 12.7. The minimum absolute atomic E-state index is 1.09. The summed E-state index contributed by atoms with van der Waals surface area (Å²) in [5, 5.41) is 4.80. The molecule has 4 heteroatoms. The van der Waals surface area contributed by atoms with Crippen LogP contribution in [0.2, 0.25) is 0 Å². The first kappa shape index (κ1) is 11.9. The number of thioether (sulfide) groups is 2. The lowest BCUT2D eigenvalue weighted by Gasteiger charge is -2.05. The second-order valence-corrected chi connectivity index (χ2v) is 5.77. The fourth-order valence-electron chi connectivity index (χ4n) is 2.38. The maximum atomic E-state index is 4.70. The molecule has 2 aromatic heterocycles. The van der Waals surface area contributed by atoms with Crippen molar-refractivity contribution >= 4 is 45.3 Å². The van der Waals surface area contributed by atoms with Crippen LogP contribution in [0.3, 0.4) is 0 Å². The Morgan fingerprint density at radius 1 is 1.06 bits per heavy atom. The molecule has 0 aliphatic carbocycles. The first-order chi connectivity index (χ1) is 8.76. The fourth-order valence-corrected chi connectivity index (χ4v) is 3.49. The maximum absolute atomic E-state index is 4.70. The number of aryl methyl sites for hydroxylation is 1. The molecule has 0 radical (unpaired) electrons. The lowest BCUT2D eigenvalue weighted by atomic mass is 10.2. The standard InChI is InChI=1S/C14H14N2S2/c1-16-11-7-5-4-6-9(11)10-8-12(17-2)15-14(18-3)13(10)16/h4-8H,1-3H3. The molecular weight excluding hydrogens is 260 g/mol. The van der Waals surface area contributed by atoms with E-state index in [9.17, 15) is 0 Å². The molecule has 3 rings (SSSR count). The van der Waals surface area contributed by atoms with Crippen LogP contribution in [0.4, 0.5) is 0 Å². The highest BCUT2D eigenvalue weighted by molar-refractivity contribution is 7.99. The van der Waals surface area contributed by atoms with Crippen molar-refractivity contribution in [1.29, 1.82) is 0 Å². The predicted molar refractivity (Wildman–Crippen MR) is 81.8 cm³/mol. The van der Waals surface area contributed by atoms with E-state index in [0.29, 0.717) is 0 Å². The Labute approximate surface area is 115 Å². The molecule has 1 aromatic carbocycles. The molecule has 18 heavy (non-hydrogen) atoms. The van der Waals surface area contributed by atoms with Gasteiger partial charge in [-0.05, 0) is 24.6 Å². The van der Waals surface area contributed by atoms with Gasteiger partial charge in [-0.3, -0.25) is 0 Å². The van der Waals surface area contributed by atoms with Gasteiger partial charge in [0.2, 0.25) is 0 Å². The zero-order valence-corrected chi connectivity index (χ0v) is 12.2. The van der Waals surface area contributed by atoms with Crippen molar-refractivity contribution in [2.75, 3.05) is 12.5 Å². The maximum Gasteiger partial charge on any atom is 0.121 e. The molecule has 0 aliphatic rings. The summed E-state index contributed by atoms with van der Waals surface area (Å²) in [4.78, 5) is 4.70. The van der Waals surface area contributed by atoms with E-state index in [1.165, 1.54) is 21.8 Å². The van der Waals surface area contributed by atoms with Crippen LogP contribution in [0.25, 0.3) is 21.8 Å². The Morgan fingerprint density at radius 2 is 1.83 bits per heavy atom. The molecule has 3 aromatic rings. The summed E-state index contributed by atoms with van der Waals surface area (Å²) in [5.41, 5.74) is 2.50. The second kappa shape index (κ2) is 4.52. The number of nitrogens with zero attached hydrogens (tertiary/aromatic N) is 2. The highest BCUT2D eigenvalue weighted by Gasteiger charge is 2.13. The van der Waals surface area contributed by atoms with Gasteiger partial charge < -0.3 is 4.57 Å². The number of para-hydroxylation sites is 1. The van der Waals surface area contributed by atoms with E-state index in [1.54, 1.807) is 23.5 Å². The first-order valence-electron chi connectivity index (χ1n) is 5.72. The van der Waals surface area contributed by atoms with Crippen molar-refractivity contribution in [1.82, 2.24) is 9.55 Å². The van der Waals surface area contributed by atoms with Gasteiger partial charge in [-0.25, -0.2) is 4.98 Å². The minimum atomic E-state index is 1.09.